The Labute approximate surface area is 555 Å². The summed E-state index contributed by atoms with van der Waals surface area (Å²) in [7, 11) is 0. The minimum atomic E-state index is 0. The van der Waals surface area contributed by atoms with Gasteiger partial charge < -0.3 is 0 Å². The molecule has 87 heavy (non-hydrogen) atoms. The molecule has 0 radical (unpaired) electrons. The maximum absolute atomic E-state index is 5.61. The molecular weight excluding hydrogens is 1100 g/mol. The first-order chi connectivity index (χ1) is 42.7. The van der Waals surface area contributed by atoms with E-state index in [9.17, 15) is 0 Å². The van der Waals surface area contributed by atoms with Crippen LogP contribution in [0.1, 0.15) is 424 Å². The summed E-state index contributed by atoms with van der Waals surface area (Å²) >= 11 is 0. The number of para-hydroxylation sites is 2. The summed E-state index contributed by atoms with van der Waals surface area (Å²) in [6.45, 7) is 9.26. The summed E-state index contributed by atoms with van der Waals surface area (Å²) in [5.74, 6) is 0. The van der Waals surface area contributed by atoms with E-state index < -0.39 is 0 Å². The molecule has 0 spiro atoms. The number of aryl methyl sites for hydroxylation is 2. The number of unbranched alkanes of at least 4 members (excludes halogenated alkanes) is 52. The van der Waals surface area contributed by atoms with Gasteiger partial charge in [0.25, 0.3) is 0 Å². The fraction of sp³-hybridized carbons (Fsp3) is 0.786. The molecule has 2 aromatic rings. The molecule has 0 aliphatic carbocycles. The predicted molar refractivity (Wildman–Crippen MR) is 392 cm³/mol. The van der Waals surface area contributed by atoms with Crippen LogP contribution in [0.2, 0.25) is 0 Å². The van der Waals surface area contributed by atoms with Crippen molar-refractivity contribution in [3.8, 4) is 0 Å². The van der Waals surface area contributed by atoms with Gasteiger partial charge in [-0.1, -0.05) is 397 Å². The number of nitrogens with zero attached hydrogens (tertiary/aromatic N) is 2. The van der Waals surface area contributed by atoms with Crippen LogP contribution in [-0.4, -0.2) is 11.4 Å². The van der Waals surface area contributed by atoms with Crippen molar-refractivity contribution in [3.63, 3.8) is 0 Å². The van der Waals surface area contributed by atoms with Crippen molar-refractivity contribution >= 4 is 22.8 Å². The maximum atomic E-state index is 5.61. The van der Waals surface area contributed by atoms with Crippen LogP contribution in [0.4, 0.5) is 11.4 Å². The second kappa shape index (κ2) is 68.1. The largest absolute Gasteiger partial charge is 0.251 e. The van der Waals surface area contributed by atoms with Crippen molar-refractivity contribution in [2.45, 2.75) is 426 Å². The quantitative estimate of drug-likeness (QED) is 0.0273. The third kappa shape index (κ3) is 54.1. The van der Waals surface area contributed by atoms with Crippen LogP contribution >= 0.6 is 0 Å². The number of benzene rings is 2. The zero-order chi connectivity index (χ0) is 61.2. The van der Waals surface area contributed by atoms with Crippen LogP contribution in [0.3, 0.4) is 0 Å². The maximum Gasteiger partial charge on any atom is 0.0665 e. The first-order valence-corrected chi connectivity index (χ1v) is 39.3. The van der Waals surface area contributed by atoms with Crippen LogP contribution in [0, 0.1) is 0 Å². The Balaban J connectivity index is 0.0000378. The summed E-state index contributed by atoms with van der Waals surface area (Å²) in [6.07, 6.45) is 94.9. The van der Waals surface area contributed by atoms with Crippen LogP contribution in [0.5, 0.6) is 0 Å². The van der Waals surface area contributed by atoms with Crippen molar-refractivity contribution in [3.05, 3.63) is 84.0 Å². The molecule has 2 nitrogen and oxygen atoms in total. The molecule has 504 valence electrons. The molecule has 0 amide bonds. The van der Waals surface area contributed by atoms with Gasteiger partial charge >= 0.3 is 0 Å². The third-order valence-electron chi connectivity index (χ3n) is 18.8. The van der Waals surface area contributed by atoms with Crippen molar-refractivity contribution in [2.75, 3.05) is 0 Å². The minimum Gasteiger partial charge on any atom is -0.251 e. The predicted octanol–water partition coefficient (Wildman–Crippen LogP) is 30.2. The fourth-order valence-electron chi connectivity index (χ4n) is 12.9. The Hall–Kier alpha value is -2.25. The van der Waals surface area contributed by atoms with Crippen molar-refractivity contribution < 1.29 is 16.5 Å². The van der Waals surface area contributed by atoms with E-state index in [4.69, 9.17) is 9.98 Å². The Bertz CT molecular complexity index is 1820. The molecule has 0 bridgehead atoms. The first kappa shape index (κ1) is 82.8. The molecule has 3 heteroatoms. The zero-order valence-electron chi connectivity index (χ0n) is 59.0. The van der Waals surface area contributed by atoms with Gasteiger partial charge in [0, 0.05) is 16.5 Å². The van der Waals surface area contributed by atoms with Crippen LogP contribution < -0.4 is 0 Å². The number of hydrogen-bond acceptors (Lipinski definition) is 2. The second-order valence-corrected chi connectivity index (χ2v) is 27.1. The van der Waals surface area contributed by atoms with Gasteiger partial charge in [0.05, 0.1) is 22.8 Å². The SMILES string of the molecule is CCCCCCCCCCCCCCCCCCCCCCCC/C=C/CCCc1ccccc1/N=C(CCCC)\C(CCCCCCCC)=N\c1ccccc1CCC/C=C/CCCCCCCCCCCCCCCCCCCCCCCC.[Ni]. The standard InChI is InChI=1S/C84H148N2.Ni/c1-5-9-13-16-19-21-23-25-27-29-31-33-35-37-39-41-43-45-47-49-51-53-55-57-59-61-64-71-79-73-67-69-76-81(79)85-83(75-12-8-4)84(78-66-63-18-15-11-7-3)86-82-77-70-68-74-80(82)72-65-62-60-58-56-54-52-50-48-46-44-42-40-38-36-34-32-30-28-26-24-22-20-17-14-10-6-2;/h57-60,67-70,73-74,76-77H,5-56,61-66,71-72,75,78H2,1-4H3;/b59-57+,60-58+,85-83-,86-84+;. The topological polar surface area (TPSA) is 24.7 Å². The van der Waals surface area contributed by atoms with Gasteiger partial charge in [-0.05, 0) is 113 Å². The van der Waals surface area contributed by atoms with E-state index in [1.54, 1.807) is 0 Å². The normalized spacial score (nSPS) is 12.2. The fourth-order valence-corrected chi connectivity index (χ4v) is 12.9. The van der Waals surface area contributed by atoms with E-state index >= 15 is 0 Å². The number of rotatable bonds is 67. The third-order valence-corrected chi connectivity index (χ3v) is 18.8. The van der Waals surface area contributed by atoms with Crippen LogP contribution in [0.25, 0.3) is 0 Å². The molecule has 0 saturated carbocycles. The van der Waals surface area contributed by atoms with Gasteiger partial charge in [-0.15, -0.1) is 0 Å². The molecule has 2 rings (SSSR count). The molecule has 0 aliphatic rings. The van der Waals surface area contributed by atoms with Gasteiger partial charge in [-0.25, -0.2) is 0 Å². The Morgan fingerprint density at radius 1 is 0.241 bits per heavy atom. The summed E-state index contributed by atoms with van der Waals surface area (Å²) in [5.41, 5.74) is 7.56. The van der Waals surface area contributed by atoms with Crippen molar-refractivity contribution in [1.29, 1.82) is 0 Å². The smallest absolute Gasteiger partial charge is 0.0665 e. The molecule has 0 saturated heterocycles. The molecule has 0 aliphatic heterocycles. The molecule has 0 unspecified atom stereocenters. The van der Waals surface area contributed by atoms with Gasteiger partial charge in [-0.3, -0.25) is 9.98 Å². The average Bonchev–Trinajstić information content (AvgIpc) is 3.70. The summed E-state index contributed by atoms with van der Waals surface area (Å²) in [6, 6.07) is 18.0. The molecule has 2 aromatic carbocycles. The minimum absolute atomic E-state index is 0. The van der Waals surface area contributed by atoms with E-state index in [1.807, 2.05) is 0 Å². The van der Waals surface area contributed by atoms with Crippen LogP contribution in [-0.2, 0) is 29.3 Å². The van der Waals surface area contributed by atoms with Crippen LogP contribution in [0.15, 0.2) is 82.8 Å². The number of allylic oxidation sites excluding steroid dienone is 4. The number of aliphatic imine (C=N–C) groups is 2. The van der Waals surface area contributed by atoms with Crippen molar-refractivity contribution in [2.24, 2.45) is 9.98 Å². The summed E-state index contributed by atoms with van der Waals surface area (Å²) in [5, 5.41) is 0. The van der Waals surface area contributed by atoms with E-state index in [0.717, 1.165) is 56.3 Å². The average molecular weight is 1240 g/mol. The van der Waals surface area contributed by atoms with Crippen molar-refractivity contribution in [1.82, 2.24) is 0 Å². The van der Waals surface area contributed by atoms with E-state index in [-0.39, 0.29) is 16.5 Å². The van der Waals surface area contributed by atoms with E-state index in [0.29, 0.717) is 0 Å². The summed E-state index contributed by atoms with van der Waals surface area (Å²) < 4.78 is 0. The molecule has 0 aromatic heterocycles. The number of hydrogen-bond donors (Lipinski definition) is 0. The molecular formula is C84H148N2Ni. The molecule has 0 atom stereocenters. The molecule has 0 heterocycles. The van der Waals surface area contributed by atoms with Gasteiger partial charge in [0.2, 0.25) is 0 Å². The van der Waals surface area contributed by atoms with Gasteiger partial charge in [0.1, 0.15) is 0 Å². The first-order valence-electron chi connectivity index (χ1n) is 39.3. The van der Waals surface area contributed by atoms with E-state index in [2.05, 4.69) is 101 Å². The molecule has 0 N–H and O–H groups in total. The van der Waals surface area contributed by atoms with Gasteiger partial charge in [-0.2, -0.15) is 0 Å². The summed E-state index contributed by atoms with van der Waals surface area (Å²) in [4.78, 5) is 11.2. The Morgan fingerprint density at radius 3 is 0.713 bits per heavy atom. The van der Waals surface area contributed by atoms with Gasteiger partial charge in [0.15, 0.2) is 0 Å². The monoisotopic (exact) mass is 1240 g/mol. The Morgan fingerprint density at radius 2 is 0.448 bits per heavy atom. The second-order valence-electron chi connectivity index (χ2n) is 27.1. The molecule has 0 fully saturated rings. The Kier molecular flexibility index (Phi) is 64.8. The van der Waals surface area contributed by atoms with E-state index in [1.165, 1.54) is 376 Å². The zero-order valence-corrected chi connectivity index (χ0v) is 60.0.